The van der Waals surface area contributed by atoms with E-state index in [0.717, 1.165) is 5.56 Å². The number of hydrogen-bond donors (Lipinski definition) is 0. The molecule has 1 aromatic heterocycles. The van der Waals surface area contributed by atoms with Gasteiger partial charge in [-0.2, -0.15) is 0 Å². The standard InChI is InChI=1S/C28H28N2O7S/c1-16(2)37-20-8-6-5-7-19(20)25-24(27(32)34-12-11-33-4)17(3)29-28-30(25)26(31)23(38-28)14-18-9-10-21-22(13-18)36-15-35-21/h5-10,13-14,16,25H,11-12,15H2,1-4H3/b23-14+/t25-/m0/s1. The van der Waals surface area contributed by atoms with Gasteiger partial charge in [0.1, 0.15) is 18.4 Å². The molecule has 0 bridgehead atoms. The summed E-state index contributed by atoms with van der Waals surface area (Å²) in [5.74, 6) is 1.31. The molecular formula is C28H28N2O7S. The molecule has 3 aromatic rings. The van der Waals surface area contributed by atoms with Gasteiger partial charge in [0.2, 0.25) is 6.79 Å². The van der Waals surface area contributed by atoms with Crippen LogP contribution in [0.25, 0.3) is 6.08 Å². The molecule has 2 aromatic carbocycles. The third-order valence-corrected chi connectivity index (χ3v) is 7.02. The third-order valence-electron chi connectivity index (χ3n) is 6.03. The number of carbonyl (C=O) groups excluding carboxylic acids is 1. The number of aromatic nitrogens is 1. The van der Waals surface area contributed by atoms with Gasteiger partial charge in [-0.25, -0.2) is 9.79 Å². The second-order valence-electron chi connectivity index (χ2n) is 9.03. The first-order chi connectivity index (χ1) is 18.4. The number of benzene rings is 2. The highest BCUT2D eigenvalue weighted by molar-refractivity contribution is 7.07. The first-order valence-electron chi connectivity index (χ1n) is 12.2. The van der Waals surface area contributed by atoms with E-state index in [1.807, 2.05) is 56.3 Å². The Kier molecular flexibility index (Phi) is 7.35. The fraction of sp³-hybridized carbons (Fsp3) is 0.321. The van der Waals surface area contributed by atoms with Crippen molar-refractivity contribution in [1.82, 2.24) is 4.57 Å². The second kappa shape index (κ2) is 10.8. The number of methoxy groups -OCH3 is 1. The number of thiazole rings is 1. The molecule has 10 heteroatoms. The van der Waals surface area contributed by atoms with E-state index in [-0.39, 0.29) is 37.2 Å². The maximum atomic E-state index is 13.9. The minimum atomic E-state index is -0.782. The maximum Gasteiger partial charge on any atom is 0.338 e. The molecule has 0 amide bonds. The zero-order chi connectivity index (χ0) is 26.8. The Bertz CT molecular complexity index is 1590. The average Bonchev–Trinajstić information content (AvgIpc) is 3.47. The van der Waals surface area contributed by atoms with E-state index < -0.39 is 12.0 Å². The summed E-state index contributed by atoms with van der Waals surface area (Å²) in [6, 6.07) is 12.1. The Morgan fingerprint density at radius 3 is 2.76 bits per heavy atom. The molecule has 3 heterocycles. The molecule has 198 valence electrons. The van der Waals surface area contributed by atoms with Crippen LogP contribution < -0.4 is 29.1 Å². The fourth-order valence-electron chi connectivity index (χ4n) is 4.39. The largest absolute Gasteiger partial charge is 0.491 e. The van der Waals surface area contributed by atoms with E-state index in [9.17, 15) is 9.59 Å². The fourth-order valence-corrected chi connectivity index (χ4v) is 5.44. The van der Waals surface area contributed by atoms with Gasteiger partial charge in [-0.1, -0.05) is 35.6 Å². The van der Waals surface area contributed by atoms with Crippen molar-refractivity contribution in [3.8, 4) is 17.2 Å². The van der Waals surface area contributed by atoms with Crippen molar-refractivity contribution < 1.29 is 28.5 Å². The quantitative estimate of drug-likeness (QED) is 0.323. The zero-order valence-electron chi connectivity index (χ0n) is 21.6. The van der Waals surface area contributed by atoms with E-state index in [2.05, 4.69) is 4.99 Å². The lowest BCUT2D eigenvalue weighted by Crippen LogP contribution is -2.40. The van der Waals surface area contributed by atoms with E-state index in [4.69, 9.17) is 23.7 Å². The van der Waals surface area contributed by atoms with Gasteiger partial charge >= 0.3 is 5.97 Å². The van der Waals surface area contributed by atoms with Crippen molar-refractivity contribution in [3.63, 3.8) is 0 Å². The van der Waals surface area contributed by atoms with Crippen LogP contribution in [0, 0.1) is 0 Å². The van der Waals surface area contributed by atoms with Gasteiger partial charge in [-0.15, -0.1) is 0 Å². The predicted molar refractivity (Wildman–Crippen MR) is 141 cm³/mol. The summed E-state index contributed by atoms with van der Waals surface area (Å²) >= 11 is 1.26. The lowest BCUT2D eigenvalue weighted by molar-refractivity contribution is -0.140. The van der Waals surface area contributed by atoms with Crippen molar-refractivity contribution >= 4 is 23.4 Å². The monoisotopic (exact) mass is 536 g/mol. The van der Waals surface area contributed by atoms with Crippen LogP contribution in [0.1, 0.15) is 37.9 Å². The first-order valence-corrected chi connectivity index (χ1v) is 13.0. The van der Waals surface area contributed by atoms with Gasteiger partial charge < -0.3 is 23.7 Å². The number of hydrogen-bond acceptors (Lipinski definition) is 9. The van der Waals surface area contributed by atoms with Gasteiger partial charge in [0, 0.05) is 12.7 Å². The Morgan fingerprint density at radius 1 is 1.18 bits per heavy atom. The van der Waals surface area contributed by atoms with Gasteiger partial charge in [-0.3, -0.25) is 9.36 Å². The normalized spacial score (nSPS) is 16.4. The minimum Gasteiger partial charge on any atom is -0.491 e. The molecule has 0 aliphatic carbocycles. The molecule has 2 aliphatic heterocycles. The molecule has 0 N–H and O–H groups in total. The Morgan fingerprint density at radius 2 is 1.97 bits per heavy atom. The molecule has 5 rings (SSSR count). The molecule has 0 saturated carbocycles. The summed E-state index contributed by atoms with van der Waals surface area (Å²) in [6.07, 6.45) is 1.68. The number of nitrogens with zero attached hydrogens (tertiary/aromatic N) is 2. The zero-order valence-corrected chi connectivity index (χ0v) is 22.4. The number of esters is 1. The van der Waals surface area contributed by atoms with Crippen LogP contribution in [-0.2, 0) is 14.3 Å². The molecule has 9 nitrogen and oxygen atoms in total. The van der Waals surface area contributed by atoms with Crippen molar-refractivity contribution in [3.05, 3.63) is 84.5 Å². The van der Waals surface area contributed by atoms with Crippen molar-refractivity contribution in [1.29, 1.82) is 0 Å². The lowest BCUT2D eigenvalue weighted by Gasteiger charge is -2.27. The van der Waals surface area contributed by atoms with Crippen molar-refractivity contribution in [2.24, 2.45) is 4.99 Å². The Hall–Kier alpha value is -3.89. The molecule has 0 saturated heterocycles. The molecule has 0 unspecified atom stereocenters. The van der Waals surface area contributed by atoms with Crippen LogP contribution in [0.4, 0.5) is 0 Å². The molecule has 0 fully saturated rings. The number of ether oxygens (including phenoxy) is 5. The van der Waals surface area contributed by atoms with Crippen molar-refractivity contribution in [2.45, 2.75) is 32.9 Å². The van der Waals surface area contributed by atoms with Gasteiger partial charge in [0.25, 0.3) is 5.56 Å². The smallest absolute Gasteiger partial charge is 0.338 e. The van der Waals surface area contributed by atoms with Crippen LogP contribution in [0.3, 0.4) is 0 Å². The van der Waals surface area contributed by atoms with Crippen LogP contribution in [-0.4, -0.2) is 43.8 Å². The molecular weight excluding hydrogens is 508 g/mol. The molecule has 38 heavy (non-hydrogen) atoms. The van der Waals surface area contributed by atoms with Gasteiger partial charge in [0.05, 0.1) is 28.5 Å². The number of carbonyl (C=O) groups is 1. The van der Waals surface area contributed by atoms with Crippen LogP contribution >= 0.6 is 11.3 Å². The topological polar surface area (TPSA) is 97.6 Å². The average molecular weight is 537 g/mol. The van der Waals surface area contributed by atoms with Crippen molar-refractivity contribution in [2.75, 3.05) is 27.1 Å². The molecule has 0 spiro atoms. The Labute approximate surface area is 223 Å². The highest BCUT2D eigenvalue weighted by Crippen LogP contribution is 2.36. The van der Waals surface area contributed by atoms with Crippen LogP contribution in [0.5, 0.6) is 17.2 Å². The minimum absolute atomic E-state index is 0.0809. The highest BCUT2D eigenvalue weighted by Gasteiger charge is 2.35. The molecule has 0 radical (unpaired) electrons. The number of fused-ring (bicyclic) bond motifs is 2. The summed E-state index contributed by atoms with van der Waals surface area (Å²) in [6.45, 7) is 6.11. The second-order valence-corrected chi connectivity index (χ2v) is 10.0. The summed E-state index contributed by atoms with van der Waals surface area (Å²) < 4.78 is 29.5. The van der Waals surface area contributed by atoms with E-state index >= 15 is 0 Å². The SMILES string of the molecule is COCCOC(=O)C1=C(C)N=c2s/c(=C/c3ccc4c(c3)OCO4)c(=O)n2[C@H]1c1ccccc1OC(C)C. The van der Waals surface area contributed by atoms with Gasteiger partial charge in [-0.05, 0) is 50.6 Å². The van der Waals surface area contributed by atoms with Gasteiger partial charge in [0.15, 0.2) is 16.3 Å². The van der Waals surface area contributed by atoms with E-state index in [0.29, 0.717) is 37.8 Å². The first kappa shape index (κ1) is 25.7. The van der Waals surface area contributed by atoms with Crippen LogP contribution in [0.15, 0.2) is 63.5 Å². The number of rotatable bonds is 8. The Balaban J connectivity index is 1.67. The highest BCUT2D eigenvalue weighted by atomic mass is 32.1. The van der Waals surface area contributed by atoms with E-state index in [1.165, 1.54) is 18.4 Å². The number of allylic oxidation sites excluding steroid dienone is 1. The summed E-state index contributed by atoms with van der Waals surface area (Å²) in [4.78, 5) is 32.4. The maximum absolute atomic E-state index is 13.9. The summed E-state index contributed by atoms with van der Waals surface area (Å²) in [5.41, 5.74) is 1.94. The summed E-state index contributed by atoms with van der Waals surface area (Å²) in [7, 11) is 1.53. The lowest BCUT2D eigenvalue weighted by atomic mass is 9.95. The summed E-state index contributed by atoms with van der Waals surface area (Å²) in [5, 5.41) is 0. The molecule has 1 atom stereocenters. The molecule has 2 aliphatic rings. The third kappa shape index (κ3) is 4.97. The number of para-hydroxylation sites is 1. The van der Waals surface area contributed by atoms with E-state index in [1.54, 1.807) is 17.6 Å². The van der Waals surface area contributed by atoms with Crippen LogP contribution in [0.2, 0.25) is 0 Å². The predicted octanol–water partition coefficient (Wildman–Crippen LogP) is 2.94.